The Kier molecular flexibility index (Phi) is 7.44. The molecule has 0 bridgehead atoms. The van der Waals surface area contributed by atoms with E-state index in [0.717, 1.165) is 0 Å². The zero-order chi connectivity index (χ0) is 12.8. The highest BCUT2D eigenvalue weighted by Crippen LogP contribution is 2.51. The standard InChI is InChI=1S/C10H23O5P/c1-8(2)12-7-13-16(11,14-9(3)4)15-10(5)6/h8-10H,7H2,1-6H3. The lowest BCUT2D eigenvalue weighted by molar-refractivity contribution is -0.0480. The van der Waals surface area contributed by atoms with Crippen LogP contribution in [0.4, 0.5) is 0 Å². The van der Waals surface area contributed by atoms with E-state index in [1.165, 1.54) is 0 Å². The van der Waals surface area contributed by atoms with E-state index in [9.17, 15) is 4.57 Å². The topological polar surface area (TPSA) is 54.0 Å². The lowest BCUT2D eigenvalue weighted by Gasteiger charge is -2.22. The molecule has 98 valence electrons. The highest BCUT2D eigenvalue weighted by atomic mass is 31.2. The molecule has 0 atom stereocenters. The Labute approximate surface area is 98.0 Å². The predicted octanol–water partition coefficient (Wildman–Crippen LogP) is 3.34. The number of hydrogen-bond donors (Lipinski definition) is 0. The Hall–Kier alpha value is 0.0700. The van der Waals surface area contributed by atoms with Crippen LogP contribution in [0.2, 0.25) is 0 Å². The van der Waals surface area contributed by atoms with E-state index in [2.05, 4.69) is 0 Å². The molecule has 0 radical (unpaired) electrons. The molecule has 0 aromatic rings. The van der Waals surface area contributed by atoms with Crippen molar-refractivity contribution in [3.63, 3.8) is 0 Å². The minimum absolute atomic E-state index is 0.00606. The molecule has 0 rings (SSSR count). The summed E-state index contributed by atoms with van der Waals surface area (Å²) in [5, 5.41) is 0. The molecule has 0 heterocycles. The third-order valence-corrected chi connectivity index (χ3v) is 3.07. The average molecular weight is 254 g/mol. The van der Waals surface area contributed by atoms with E-state index in [0.29, 0.717) is 0 Å². The highest BCUT2D eigenvalue weighted by molar-refractivity contribution is 7.48. The van der Waals surface area contributed by atoms with Crippen LogP contribution in [-0.4, -0.2) is 25.1 Å². The van der Waals surface area contributed by atoms with Gasteiger partial charge in [-0.25, -0.2) is 4.57 Å². The van der Waals surface area contributed by atoms with E-state index < -0.39 is 7.82 Å². The summed E-state index contributed by atoms with van der Waals surface area (Å²) in [5.74, 6) is 0. The number of rotatable bonds is 8. The average Bonchev–Trinajstić information content (AvgIpc) is 1.98. The molecular weight excluding hydrogens is 231 g/mol. The largest absolute Gasteiger partial charge is 0.477 e. The fourth-order valence-electron chi connectivity index (χ4n) is 0.833. The molecule has 6 heteroatoms. The normalized spacial score (nSPS) is 13.1. The Bertz CT molecular complexity index is 213. The molecule has 0 saturated carbocycles. The molecular formula is C10H23O5P. The minimum atomic E-state index is -3.51. The SMILES string of the molecule is CC(C)OCOP(=O)(OC(C)C)OC(C)C. The van der Waals surface area contributed by atoms with Crippen LogP contribution in [0.1, 0.15) is 41.5 Å². The number of phosphoric acid groups is 1. The van der Waals surface area contributed by atoms with Gasteiger partial charge >= 0.3 is 7.82 Å². The first-order chi connectivity index (χ1) is 7.25. The van der Waals surface area contributed by atoms with Crippen molar-refractivity contribution in [1.29, 1.82) is 0 Å². The van der Waals surface area contributed by atoms with E-state index in [4.69, 9.17) is 18.3 Å². The van der Waals surface area contributed by atoms with Crippen molar-refractivity contribution < 1.29 is 22.9 Å². The maximum absolute atomic E-state index is 12.1. The van der Waals surface area contributed by atoms with Gasteiger partial charge in [-0.1, -0.05) is 0 Å². The lowest BCUT2D eigenvalue weighted by Crippen LogP contribution is -2.13. The van der Waals surface area contributed by atoms with Crippen molar-refractivity contribution in [1.82, 2.24) is 0 Å². The van der Waals surface area contributed by atoms with E-state index >= 15 is 0 Å². The van der Waals surface area contributed by atoms with Crippen molar-refractivity contribution in [2.75, 3.05) is 6.79 Å². The summed E-state index contributed by atoms with van der Waals surface area (Å²) in [6, 6.07) is 0. The first-order valence-corrected chi connectivity index (χ1v) is 6.94. The molecule has 0 spiro atoms. The Morgan fingerprint density at radius 2 is 1.31 bits per heavy atom. The molecule has 0 aliphatic carbocycles. The van der Waals surface area contributed by atoms with Crippen LogP contribution >= 0.6 is 7.82 Å². The summed E-state index contributed by atoms with van der Waals surface area (Å²) in [4.78, 5) is 0. The maximum Gasteiger partial charge on any atom is 0.477 e. The van der Waals surface area contributed by atoms with Gasteiger partial charge in [-0.15, -0.1) is 0 Å². The van der Waals surface area contributed by atoms with Crippen molar-refractivity contribution in [2.45, 2.75) is 59.9 Å². The molecule has 16 heavy (non-hydrogen) atoms. The van der Waals surface area contributed by atoms with Crippen LogP contribution in [0.15, 0.2) is 0 Å². The van der Waals surface area contributed by atoms with Gasteiger partial charge in [0.25, 0.3) is 0 Å². The van der Waals surface area contributed by atoms with Gasteiger partial charge < -0.3 is 4.74 Å². The zero-order valence-corrected chi connectivity index (χ0v) is 11.8. The molecule has 0 aliphatic heterocycles. The summed E-state index contributed by atoms with van der Waals surface area (Å²) in [6.45, 7) is 10.7. The predicted molar refractivity (Wildman–Crippen MR) is 62.2 cm³/mol. The van der Waals surface area contributed by atoms with Crippen LogP contribution in [0.25, 0.3) is 0 Å². The first-order valence-electron chi connectivity index (χ1n) is 5.48. The summed E-state index contributed by atoms with van der Waals surface area (Å²) >= 11 is 0. The van der Waals surface area contributed by atoms with E-state index in [-0.39, 0.29) is 25.1 Å². The Morgan fingerprint density at radius 3 is 1.62 bits per heavy atom. The van der Waals surface area contributed by atoms with Crippen LogP contribution in [-0.2, 0) is 22.9 Å². The summed E-state index contributed by atoms with van der Waals surface area (Å²) < 4.78 is 32.6. The highest BCUT2D eigenvalue weighted by Gasteiger charge is 2.29. The van der Waals surface area contributed by atoms with Crippen molar-refractivity contribution in [3.8, 4) is 0 Å². The smallest absolute Gasteiger partial charge is 0.352 e. The van der Waals surface area contributed by atoms with Gasteiger partial charge in [-0.05, 0) is 41.5 Å². The molecule has 0 saturated heterocycles. The van der Waals surface area contributed by atoms with Crippen LogP contribution < -0.4 is 0 Å². The lowest BCUT2D eigenvalue weighted by atomic mass is 10.5. The molecule has 0 amide bonds. The number of ether oxygens (including phenoxy) is 1. The molecule has 5 nitrogen and oxygen atoms in total. The second-order valence-corrected chi connectivity index (χ2v) is 5.79. The summed E-state index contributed by atoms with van der Waals surface area (Å²) in [6.07, 6.45) is -0.459. The van der Waals surface area contributed by atoms with Gasteiger partial charge in [0, 0.05) is 0 Å². The number of phosphoric ester groups is 1. The molecule has 0 aromatic carbocycles. The van der Waals surface area contributed by atoms with E-state index in [1.54, 1.807) is 27.7 Å². The van der Waals surface area contributed by atoms with Crippen LogP contribution in [0.3, 0.4) is 0 Å². The molecule has 0 aromatic heterocycles. The minimum Gasteiger partial charge on any atom is -0.352 e. The number of hydrogen-bond acceptors (Lipinski definition) is 5. The maximum atomic E-state index is 12.1. The fraction of sp³-hybridized carbons (Fsp3) is 1.00. The molecule has 0 unspecified atom stereocenters. The monoisotopic (exact) mass is 254 g/mol. The zero-order valence-electron chi connectivity index (χ0n) is 10.9. The van der Waals surface area contributed by atoms with Gasteiger partial charge in [0.05, 0.1) is 18.3 Å². The fourth-order valence-corrected chi connectivity index (χ4v) is 2.23. The van der Waals surface area contributed by atoms with Crippen molar-refractivity contribution in [2.24, 2.45) is 0 Å². The Balaban J connectivity index is 4.25. The second-order valence-electron chi connectivity index (χ2n) is 4.22. The van der Waals surface area contributed by atoms with Crippen molar-refractivity contribution >= 4 is 7.82 Å². The van der Waals surface area contributed by atoms with Gasteiger partial charge in [-0.2, -0.15) is 0 Å². The molecule has 0 aliphatic rings. The van der Waals surface area contributed by atoms with Gasteiger partial charge in [0.1, 0.15) is 0 Å². The summed E-state index contributed by atoms with van der Waals surface area (Å²) in [7, 11) is -3.51. The summed E-state index contributed by atoms with van der Waals surface area (Å²) in [5.41, 5.74) is 0. The quantitative estimate of drug-likeness (QED) is 0.491. The third kappa shape index (κ3) is 8.25. The third-order valence-electron chi connectivity index (χ3n) is 1.29. The van der Waals surface area contributed by atoms with E-state index in [1.807, 2.05) is 13.8 Å². The first kappa shape index (κ1) is 16.1. The van der Waals surface area contributed by atoms with Gasteiger partial charge in [0.15, 0.2) is 6.79 Å². The molecule has 0 N–H and O–H groups in total. The van der Waals surface area contributed by atoms with Crippen molar-refractivity contribution in [3.05, 3.63) is 0 Å². The van der Waals surface area contributed by atoms with Crippen LogP contribution in [0.5, 0.6) is 0 Å². The second kappa shape index (κ2) is 7.41. The van der Waals surface area contributed by atoms with Gasteiger partial charge in [0.2, 0.25) is 0 Å². The van der Waals surface area contributed by atoms with Gasteiger partial charge in [-0.3, -0.25) is 13.6 Å². The Morgan fingerprint density at radius 1 is 0.875 bits per heavy atom. The van der Waals surface area contributed by atoms with Crippen LogP contribution in [0, 0.1) is 0 Å². The molecule has 0 fully saturated rings.